The molecular formula is C20H28N2O6. The Kier molecular flexibility index (Phi) is 7.25. The molecule has 0 aliphatic carbocycles. The van der Waals surface area contributed by atoms with Crippen molar-refractivity contribution in [3.05, 3.63) is 35.9 Å². The van der Waals surface area contributed by atoms with E-state index in [2.05, 4.69) is 5.32 Å². The molecule has 1 aliphatic rings. The number of esters is 1. The lowest BCUT2D eigenvalue weighted by Crippen LogP contribution is -2.42. The SMILES string of the molecule is COC(=O)C(CC[C@@H]1CN(C(=O)O)C(C)(C)C1)NC(=O)OCc1ccccc1. The van der Waals surface area contributed by atoms with Gasteiger partial charge in [0.1, 0.15) is 12.6 Å². The third-order valence-electron chi connectivity index (χ3n) is 5.04. The number of likely N-dealkylation sites (tertiary alicyclic amines) is 1. The number of amides is 2. The standard InChI is InChI=1S/C20H28N2O6/c1-20(2)11-15(12-22(20)19(25)26)9-10-16(17(23)27-3)21-18(24)28-13-14-7-5-4-6-8-14/h4-8,15-16H,9-13H2,1-3H3,(H,21,24)(H,25,26)/t15-,16?/m0/s1. The normalized spacial score (nSPS) is 19.0. The van der Waals surface area contributed by atoms with Crippen molar-refractivity contribution in [1.82, 2.24) is 10.2 Å². The number of hydrogen-bond donors (Lipinski definition) is 2. The van der Waals surface area contributed by atoms with E-state index in [1.165, 1.54) is 12.0 Å². The molecule has 2 amide bonds. The fraction of sp³-hybridized carbons (Fsp3) is 0.550. The number of alkyl carbamates (subject to hydrolysis) is 1. The first-order valence-electron chi connectivity index (χ1n) is 9.28. The monoisotopic (exact) mass is 392 g/mol. The molecule has 28 heavy (non-hydrogen) atoms. The Morgan fingerprint density at radius 1 is 1.29 bits per heavy atom. The van der Waals surface area contributed by atoms with Gasteiger partial charge in [-0.3, -0.25) is 0 Å². The molecule has 1 aromatic rings. The van der Waals surface area contributed by atoms with Gasteiger partial charge in [0.15, 0.2) is 0 Å². The lowest BCUT2D eigenvalue weighted by atomic mass is 9.92. The highest BCUT2D eigenvalue weighted by atomic mass is 16.6. The average Bonchev–Trinajstić information content (AvgIpc) is 2.98. The van der Waals surface area contributed by atoms with Gasteiger partial charge in [0.25, 0.3) is 0 Å². The van der Waals surface area contributed by atoms with Gasteiger partial charge in [-0.25, -0.2) is 14.4 Å². The molecule has 0 spiro atoms. The maximum Gasteiger partial charge on any atom is 0.408 e. The molecule has 1 fully saturated rings. The van der Waals surface area contributed by atoms with Crippen LogP contribution in [0.1, 0.15) is 38.7 Å². The summed E-state index contributed by atoms with van der Waals surface area (Å²) in [6.07, 6.45) is -0.00312. The summed E-state index contributed by atoms with van der Waals surface area (Å²) in [7, 11) is 1.26. The predicted octanol–water partition coefficient (Wildman–Crippen LogP) is 3.01. The minimum Gasteiger partial charge on any atom is -0.467 e. The van der Waals surface area contributed by atoms with Gasteiger partial charge in [-0.15, -0.1) is 0 Å². The largest absolute Gasteiger partial charge is 0.467 e. The summed E-state index contributed by atoms with van der Waals surface area (Å²) in [5, 5.41) is 11.9. The number of rotatable bonds is 7. The van der Waals surface area contributed by atoms with Crippen LogP contribution >= 0.6 is 0 Å². The van der Waals surface area contributed by atoms with Crippen molar-refractivity contribution in [2.24, 2.45) is 5.92 Å². The topological polar surface area (TPSA) is 105 Å². The van der Waals surface area contributed by atoms with Crippen LogP contribution in [0.25, 0.3) is 0 Å². The number of carboxylic acid groups (broad SMARTS) is 1. The van der Waals surface area contributed by atoms with Crippen LogP contribution in [0.5, 0.6) is 0 Å². The molecule has 2 rings (SSSR count). The molecule has 2 N–H and O–H groups in total. The zero-order chi connectivity index (χ0) is 20.7. The molecule has 0 bridgehead atoms. The van der Waals surface area contributed by atoms with E-state index in [1.807, 2.05) is 44.2 Å². The van der Waals surface area contributed by atoms with Crippen molar-refractivity contribution in [1.29, 1.82) is 0 Å². The molecule has 8 nitrogen and oxygen atoms in total. The summed E-state index contributed by atoms with van der Waals surface area (Å²) in [5.41, 5.74) is 0.397. The number of nitrogens with zero attached hydrogens (tertiary/aromatic N) is 1. The number of hydrogen-bond acceptors (Lipinski definition) is 5. The lowest BCUT2D eigenvalue weighted by Gasteiger charge is -2.28. The van der Waals surface area contributed by atoms with E-state index < -0.39 is 29.7 Å². The first-order valence-corrected chi connectivity index (χ1v) is 9.28. The molecule has 0 saturated carbocycles. The average molecular weight is 392 g/mol. The zero-order valence-corrected chi connectivity index (χ0v) is 16.5. The maximum absolute atomic E-state index is 12.1. The second-order valence-electron chi connectivity index (χ2n) is 7.63. The molecule has 154 valence electrons. The fourth-order valence-corrected chi connectivity index (χ4v) is 3.62. The zero-order valence-electron chi connectivity index (χ0n) is 16.5. The Morgan fingerprint density at radius 3 is 2.54 bits per heavy atom. The number of carbonyl (C=O) groups excluding carboxylic acids is 2. The van der Waals surface area contributed by atoms with Gasteiger partial charge in [-0.2, -0.15) is 0 Å². The van der Waals surface area contributed by atoms with Crippen LogP contribution in [0.15, 0.2) is 30.3 Å². The van der Waals surface area contributed by atoms with Gasteiger partial charge >= 0.3 is 18.2 Å². The third kappa shape index (κ3) is 5.87. The van der Waals surface area contributed by atoms with Gasteiger partial charge in [-0.1, -0.05) is 30.3 Å². The van der Waals surface area contributed by atoms with Crippen LogP contribution in [0.3, 0.4) is 0 Å². The van der Waals surface area contributed by atoms with Gasteiger partial charge in [0, 0.05) is 12.1 Å². The van der Waals surface area contributed by atoms with E-state index in [9.17, 15) is 19.5 Å². The Labute approximate surface area is 164 Å². The van der Waals surface area contributed by atoms with Gasteiger partial charge < -0.3 is 24.8 Å². The van der Waals surface area contributed by atoms with E-state index in [-0.39, 0.29) is 12.5 Å². The highest BCUT2D eigenvalue weighted by Gasteiger charge is 2.41. The summed E-state index contributed by atoms with van der Waals surface area (Å²) < 4.78 is 9.94. The molecule has 1 aromatic carbocycles. The Balaban J connectivity index is 1.87. The third-order valence-corrected chi connectivity index (χ3v) is 5.04. The maximum atomic E-state index is 12.1. The van der Waals surface area contributed by atoms with Crippen LogP contribution < -0.4 is 5.32 Å². The Bertz CT molecular complexity index is 691. The highest BCUT2D eigenvalue weighted by Crippen LogP contribution is 2.35. The first-order chi connectivity index (χ1) is 13.2. The molecule has 0 radical (unpaired) electrons. The molecule has 8 heteroatoms. The number of nitrogens with one attached hydrogen (secondary N) is 1. The second kappa shape index (κ2) is 9.43. The van der Waals surface area contributed by atoms with Crippen LogP contribution in [-0.4, -0.2) is 53.4 Å². The minimum absolute atomic E-state index is 0.102. The molecule has 1 aliphatic heterocycles. The molecule has 1 saturated heterocycles. The summed E-state index contributed by atoms with van der Waals surface area (Å²) >= 11 is 0. The van der Waals surface area contributed by atoms with Crippen LogP contribution in [0, 0.1) is 5.92 Å². The lowest BCUT2D eigenvalue weighted by molar-refractivity contribution is -0.143. The van der Waals surface area contributed by atoms with Gasteiger partial charge in [-0.05, 0) is 44.6 Å². The van der Waals surface area contributed by atoms with Gasteiger partial charge in [0.05, 0.1) is 7.11 Å². The molecule has 1 heterocycles. The van der Waals surface area contributed by atoms with Crippen molar-refractivity contribution in [3.8, 4) is 0 Å². The highest BCUT2D eigenvalue weighted by molar-refractivity contribution is 5.81. The second-order valence-corrected chi connectivity index (χ2v) is 7.63. The van der Waals surface area contributed by atoms with Crippen LogP contribution in [0.2, 0.25) is 0 Å². The summed E-state index contributed by atoms with van der Waals surface area (Å²) in [6, 6.07) is 8.39. The quantitative estimate of drug-likeness (QED) is 0.691. The smallest absolute Gasteiger partial charge is 0.408 e. The minimum atomic E-state index is -0.945. The van der Waals surface area contributed by atoms with E-state index in [0.29, 0.717) is 25.8 Å². The number of ether oxygens (including phenoxy) is 2. The van der Waals surface area contributed by atoms with Crippen LogP contribution in [0.4, 0.5) is 9.59 Å². The molecule has 2 atom stereocenters. The number of benzene rings is 1. The number of methoxy groups -OCH3 is 1. The van der Waals surface area contributed by atoms with Crippen molar-refractivity contribution in [2.75, 3.05) is 13.7 Å². The predicted molar refractivity (Wildman–Crippen MR) is 102 cm³/mol. The van der Waals surface area contributed by atoms with E-state index in [1.54, 1.807) is 0 Å². The fourth-order valence-electron chi connectivity index (χ4n) is 3.62. The van der Waals surface area contributed by atoms with Crippen molar-refractivity contribution in [2.45, 2.75) is 51.3 Å². The summed E-state index contributed by atoms with van der Waals surface area (Å²) in [4.78, 5) is 36.9. The van der Waals surface area contributed by atoms with Gasteiger partial charge in [0.2, 0.25) is 0 Å². The van der Waals surface area contributed by atoms with Crippen molar-refractivity contribution in [3.63, 3.8) is 0 Å². The molecular weight excluding hydrogens is 364 g/mol. The van der Waals surface area contributed by atoms with Crippen LogP contribution in [-0.2, 0) is 20.9 Å². The van der Waals surface area contributed by atoms with E-state index >= 15 is 0 Å². The van der Waals surface area contributed by atoms with E-state index in [4.69, 9.17) is 9.47 Å². The Hall–Kier alpha value is -2.77. The van der Waals surface area contributed by atoms with Crippen molar-refractivity contribution < 1.29 is 29.0 Å². The molecule has 1 unspecified atom stereocenters. The number of carbonyl (C=O) groups is 3. The Morgan fingerprint density at radius 2 is 1.96 bits per heavy atom. The van der Waals surface area contributed by atoms with Crippen molar-refractivity contribution >= 4 is 18.2 Å². The van der Waals surface area contributed by atoms with E-state index in [0.717, 1.165) is 5.56 Å². The first kappa shape index (κ1) is 21.5. The summed E-state index contributed by atoms with van der Waals surface area (Å²) in [5.74, 6) is -0.440. The summed E-state index contributed by atoms with van der Waals surface area (Å²) in [6.45, 7) is 4.29. The molecule has 0 aromatic heterocycles.